The maximum absolute atomic E-state index is 11.5. The fourth-order valence-corrected chi connectivity index (χ4v) is 1.89. The summed E-state index contributed by atoms with van der Waals surface area (Å²) in [7, 11) is -3.90. The highest BCUT2D eigenvalue weighted by atomic mass is 32.2. The van der Waals surface area contributed by atoms with Crippen LogP contribution in [0.25, 0.3) is 0 Å². The van der Waals surface area contributed by atoms with Crippen molar-refractivity contribution in [1.82, 2.24) is 0 Å². The molecule has 0 aliphatic heterocycles. The largest absolute Gasteiger partial charge is 0.465 e. The lowest BCUT2D eigenvalue weighted by Gasteiger charge is -2.09. The first kappa shape index (κ1) is 13.2. The zero-order chi connectivity index (χ0) is 12.2. The van der Waals surface area contributed by atoms with Gasteiger partial charge in [-0.15, -0.1) is 6.58 Å². The summed E-state index contributed by atoms with van der Waals surface area (Å²) in [5.41, 5.74) is -0.483. The van der Waals surface area contributed by atoms with Crippen LogP contribution in [-0.4, -0.2) is 31.3 Å². The summed E-state index contributed by atoms with van der Waals surface area (Å²) in [5, 5.41) is 0. The van der Waals surface area contributed by atoms with Crippen molar-refractivity contribution in [3.8, 4) is 0 Å². The van der Waals surface area contributed by atoms with E-state index in [9.17, 15) is 13.2 Å². The summed E-state index contributed by atoms with van der Waals surface area (Å²) in [4.78, 5) is 11.5. The van der Waals surface area contributed by atoms with Gasteiger partial charge in [0.25, 0.3) is 10.1 Å². The Labute approximate surface area is 95.2 Å². The third-order valence-electron chi connectivity index (χ3n) is 2.62. The van der Waals surface area contributed by atoms with E-state index in [1.165, 1.54) is 0 Å². The molecule has 1 aliphatic carbocycles. The van der Waals surface area contributed by atoms with E-state index >= 15 is 0 Å². The molecule has 16 heavy (non-hydrogen) atoms. The molecule has 0 radical (unpaired) electrons. The number of carbonyl (C=O) groups is 1. The van der Waals surface area contributed by atoms with Gasteiger partial charge in [0.05, 0.1) is 17.8 Å². The normalized spacial score (nSPS) is 17.8. The van der Waals surface area contributed by atoms with Crippen LogP contribution in [-0.2, 0) is 19.6 Å². The highest BCUT2D eigenvalue weighted by molar-refractivity contribution is 7.85. The molecule has 0 saturated heterocycles. The summed E-state index contributed by atoms with van der Waals surface area (Å²) in [5.74, 6) is -0.577. The van der Waals surface area contributed by atoms with Crippen LogP contribution in [0.1, 0.15) is 25.7 Å². The average molecular weight is 248 g/mol. The molecule has 0 aromatic rings. The van der Waals surface area contributed by atoms with Crippen molar-refractivity contribution in [2.24, 2.45) is 5.41 Å². The van der Waals surface area contributed by atoms with E-state index < -0.39 is 15.5 Å². The minimum atomic E-state index is -3.90. The Kier molecular flexibility index (Phi) is 4.09. The average Bonchev–Trinajstić information content (AvgIpc) is 2.95. The van der Waals surface area contributed by atoms with Gasteiger partial charge >= 0.3 is 5.97 Å². The zero-order valence-electron chi connectivity index (χ0n) is 9.02. The third kappa shape index (κ3) is 3.94. The van der Waals surface area contributed by atoms with Gasteiger partial charge in [-0.3, -0.25) is 9.35 Å². The van der Waals surface area contributed by atoms with Gasteiger partial charge in [-0.25, -0.2) is 0 Å². The lowest BCUT2D eigenvalue weighted by atomic mass is 10.1. The van der Waals surface area contributed by atoms with Crippen molar-refractivity contribution in [3.63, 3.8) is 0 Å². The molecule has 1 aliphatic rings. The van der Waals surface area contributed by atoms with Gasteiger partial charge in [-0.2, -0.15) is 8.42 Å². The topological polar surface area (TPSA) is 80.7 Å². The van der Waals surface area contributed by atoms with Crippen LogP contribution in [0.15, 0.2) is 12.7 Å². The Bertz CT molecular complexity index is 367. The Morgan fingerprint density at radius 1 is 1.44 bits per heavy atom. The lowest BCUT2D eigenvalue weighted by Crippen LogP contribution is -2.17. The molecule has 5 nitrogen and oxygen atoms in total. The number of esters is 1. The van der Waals surface area contributed by atoms with Crippen LogP contribution in [0.5, 0.6) is 0 Å². The van der Waals surface area contributed by atoms with Gasteiger partial charge in [-0.1, -0.05) is 6.08 Å². The Morgan fingerprint density at radius 3 is 2.50 bits per heavy atom. The van der Waals surface area contributed by atoms with E-state index in [-0.39, 0.29) is 24.7 Å². The predicted octanol–water partition coefficient (Wildman–Crippen LogP) is 1.16. The molecule has 1 rings (SSSR count). The molecule has 0 heterocycles. The van der Waals surface area contributed by atoms with Crippen molar-refractivity contribution in [2.75, 3.05) is 12.4 Å². The number of rotatable bonds is 7. The SMILES string of the molecule is C=CC1(C(=O)OCCCCS(=O)(=O)O)CC1. The van der Waals surface area contributed by atoms with Crippen molar-refractivity contribution in [1.29, 1.82) is 0 Å². The molecular formula is C10H16O5S. The number of hydrogen-bond acceptors (Lipinski definition) is 4. The van der Waals surface area contributed by atoms with Gasteiger partial charge in [0.1, 0.15) is 0 Å². The van der Waals surface area contributed by atoms with E-state index in [1.807, 2.05) is 0 Å². The van der Waals surface area contributed by atoms with Gasteiger partial charge < -0.3 is 4.74 Å². The lowest BCUT2D eigenvalue weighted by molar-refractivity contribution is -0.148. The van der Waals surface area contributed by atoms with Crippen molar-refractivity contribution < 1.29 is 22.5 Å². The van der Waals surface area contributed by atoms with Crippen LogP contribution in [0.3, 0.4) is 0 Å². The Hall–Kier alpha value is -0.880. The number of ether oxygens (including phenoxy) is 1. The van der Waals surface area contributed by atoms with Gasteiger partial charge in [-0.05, 0) is 25.7 Å². The van der Waals surface area contributed by atoms with Gasteiger partial charge in [0, 0.05) is 0 Å². The van der Waals surface area contributed by atoms with Gasteiger partial charge in [0.2, 0.25) is 0 Å². The number of unbranched alkanes of at least 4 members (excludes halogenated alkanes) is 1. The van der Waals surface area contributed by atoms with Crippen LogP contribution < -0.4 is 0 Å². The fraction of sp³-hybridized carbons (Fsp3) is 0.700. The standard InChI is InChI=1S/C10H16O5S/c1-2-10(5-6-10)9(11)15-7-3-4-8-16(12,13)14/h2H,1,3-8H2,(H,12,13,14). The summed E-state index contributed by atoms with van der Waals surface area (Å²) < 4.78 is 34.2. The van der Waals surface area contributed by atoms with E-state index in [4.69, 9.17) is 9.29 Å². The molecule has 0 spiro atoms. The molecule has 6 heteroatoms. The first-order chi connectivity index (χ1) is 7.40. The molecule has 0 unspecified atom stereocenters. The second kappa shape index (κ2) is 4.97. The molecule has 1 N–H and O–H groups in total. The quantitative estimate of drug-likeness (QED) is 0.316. The van der Waals surface area contributed by atoms with Crippen LogP contribution >= 0.6 is 0 Å². The second-order valence-electron chi connectivity index (χ2n) is 3.99. The summed E-state index contributed by atoms with van der Waals surface area (Å²) in [6.45, 7) is 3.76. The van der Waals surface area contributed by atoms with Crippen molar-refractivity contribution in [2.45, 2.75) is 25.7 Å². The smallest absolute Gasteiger partial charge is 0.315 e. The molecule has 92 valence electrons. The molecule has 0 atom stereocenters. The van der Waals surface area contributed by atoms with Gasteiger partial charge in [0.15, 0.2) is 0 Å². The number of carbonyl (C=O) groups excluding carboxylic acids is 1. The molecule has 0 aromatic heterocycles. The molecular weight excluding hydrogens is 232 g/mol. The maximum Gasteiger partial charge on any atom is 0.315 e. The highest BCUT2D eigenvalue weighted by Crippen LogP contribution is 2.47. The van der Waals surface area contributed by atoms with E-state index in [1.54, 1.807) is 6.08 Å². The summed E-state index contributed by atoms with van der Waals surface area (Å²) in [6, 6.07) is 0. The Morgan fingerprint density at radius 2 is 2.06 bits per heavy atom. The highest BCUT2D eigenvalue weighted by Gasteiger charge is 2.48. The first-order valence-electron chi connectivity index (χ1n) is 5.16. The van der Waals surface area contributed by atoms with Crippen LogP contribution in [0.4, 0.5) is 0 Å². The van der Waals surface area contributed by atoms with E-state index in [0.29, 0.717) is 6.42 Å². The summed E-state index contributed by atoms with van der Waals surface area (Å²) in [6.07, 6.45) is 3.88. The monoisotopic (exact) mass is 248 g/mol. The van der Waals surface area contributed by atoms with Crippen LogP contribution in [0.2, 0.25) is 0 Å². The molecule has 0 aromatic carbocycles. The minimum Gasteiger partial charge on any atom is -0.465 e. The Balaban J connectivity index is 2.12. The third-order valence-corrected chi connectivity index (χ3v) is 3.42. The molecule has 1 saturated carbocycles. The zero-order valence-corrected chi connectivity index (χ0v) is 9.83. The molecule has 1 fully saturated rings. The van der Waals surface area contributed by atoms with Crippen molar-refractivity contribution >= 4 is 16.1 Å². The number of hydrogen-bond donors (Lipinski definition) is 1. The summed E-state index contributed by atoms with van der Waals surface area (Å²) >= 11 is 0. The molecule has 0 amide bonds. The van der Waals surface area contributed by atoms with E-state index in [0.717, 1.165) is 12.8 Å². The minimum absolute atomic E-state index is 0.184. The van der Waals surface area contributed by atoms with Crippen molar-refractivity contribution in [3.05, 3.63) is 12.7 Å². The first-order valence-corrected chi connectivity index (χ1v) is 6.76. The molecule has 0 bridgehead atoms. The maximum atomic E-state index is 11.5. The second-order valence-corrected chi connectivity index (χ2v) is 5.56. The fourth-order valence-electron chi connectivity index (χ4n) is 1.32. The van der Waals surface area contributed by atoms with Crippen LogP contribution in [0, 0.1) is 5.41 Å². The van der Waals surface area contributed by atoms with E-state index in [2.05, 4.69) is 6.58 Å². The predicted molar refractivity (Wildman–Crippen MR) is 58.5 cm³/mol.